The molecule has 1 aromatic rings. The fraction of sp³-hybridized carbons (Fsp3) is 0.429. The Morgan fingerprint density at radius 1 is 1.05 bits per heavy atom. The topological polar surface area (TPSA) is 71.1 Å². The fourth-order valence-corrected chi connectivity index (χ4v) is 4.18. The third-order valence-electron chi connectivity index (χ3n) is 3.62. The van der Waals surface area contributed by atoms with Crippen molar-refractivity contribution in [3.63, 3.8) is 0 Å². The molecule has 0 saturated carbocycles. The average molecular weight is 310 g/mol. The predicted molar refractivity (Wildman–Crippen MR) is 76.1 cm³/mol. The number of rotatable bonds is 7. The summed E-state index contributed by atoms with van der Waals surface area (Å²) in [5.74, 6) is -1.15. The number of hydrogen-bond donors (Lipinski definition) is 0. The predicted octanol–water partition coefficient (Wildman–Crippen LogP) is 1.81. The Bertz CT molecular complexity index is 544. The summed E-state index contributed by atoms with van der Waals surface area (Å²) in [4.78, 5) is 23.2. The molecule has 0 atom stereocenters. The molecule has 114 valence electrons. The monoisotopic (exact) mass is 310 g/mol. The molecule has 1 aromatic carbocycles. The van der Waals surface area contributed by atoms with Crippen molar-refractivity contribution in [1.82, 2.24) is 0 Å². The van der Waals surface area contributed by atoms with E-state index in [1.54, 1.807) is 33.5 Å². The normalized spacial score (nSPS) is 14.2. The minimum Gasteiger partial charge on any atom is -0.386 e. The van der Waals surface area contributed by atoms with Gasteiger partial charge in [-0.3, -0.25) is 0 Å². The molecular formula is C14H18O6Si. The summed E-state index contributed by atoms with van der Waals surface area (Å²) in [5, 5.41) is 0. The van der Waals surface area contributed by atoms with Gasteiger partial charge in [-0.25, -0.2) is 9.59 Å². The highest BCUT2D eigenvalue weighted by Gasteiger charge is 2.37. The maximum absolute atomic E-state index is 11.7. The molecule has 0 radical (unpaired) electrons. The molecule has 1 heterocycles. The molecule has 0 bridgehead atoms. The first-order chi connectivity index (χ1) is 10.1. The first-order valence-corrected chi connectivity index (χ1v) is 8.54. The van der Waals surface area contributed by atoms with Gasteiger partial charge >= 0.3 is 20.7 Å². The van der Waals surface area contributed by atoms with E-state index in [4.69, 9.17) is 13.3 Å². The zero-order valence-electron chi connectivity index (χ0n) is 12.3. The Labute approximate surface area is 124 Å². The van der Waals surface area contributed by atoms with E-state index in [0.717, 1.165) is 12.0 Å². The standard InChI is InChI=1S/C14H18O6Si/c1-17-21(18-2,19-3)9-5-7-10-6-4-8-11-12(10)14(16)20-13(11)15/h4,6,8H,5,7,9H2,1-3H3. The molecule has 0 unspecified atom stereocenters. The second-order valence-electron chi connectivity index (χ2n) is 4.67. The molecule has 0 aromatic heterocycles. The first kappa shape index (κ1) is 15.8. The van der Waals surface area contributed by atoms with Crippen LogP contribution in [0.5, 0.6) is 0 Å². The maximum Gasteiger partial charge on any atom is 0.500 e. The first-order valence-electron chi connectivity index (χ1n) is 6.60. The molecule has 2 rings (SSSR count). The molecule has 21 heavy (non-hydrogen) atoms. The summed E-state index contributed by atoms with van der Waals surface area (Å²) in [5.41, 5.74) is 1.52. The number of ether oxygens (including phenoxy) is 1. The van der Waals surface area contributed by atoms with E-state index in [1.807, 2.05) is 6.07 Å². The number of aryl methyl sites for hydroxylation is 1. The Morgan fingerprint density at radius 3 is 2.33 bits per heavy atom. The number of esters is 2. The molecule has 0 amide bonds. The van der Waals surface area contributed by atoms with E-state index in [9.17, 15) is 9.59 Å². The third-order valence-corrected chi connectivity index (χ3v) is 6.45. The molecule has 1 aliphatic rings. The summed E-state index contributed by atoms with van der Waals surface area (Å²) < 4.78 is 20.7. The highest BCUT2D eigenvalue weighted by Crippen LogP contribution is 2.26. The summed E-state index contributed by atoms with van der Waals surface area (Å²) >= 11 is 0. The van der Waals surface area contributed by atoms with Crippen molar-refractivity contribution in [2.24, 2.45) is 0 Å². The number of carbonyl (C=O) groups excluding carboxylic acids is 2. The number of benzene rings is 1. The van der Waals surface area contributed by atoms with Crippen LogP contribution in [0.25, 0.3) is 0 Å². The van der Waals surface area contributed by atoms with Gasteiger partial charge in [-0.1, -0.05) is 12.1 Å². The second-order valence-corrected chi connectivity index (χ2v) is 7.76. The molecule has 1 aliphatic heterocycles. The van der Waals surface area contributed by atoms with Crippen LogP contribution in [-0.2, 0) is 24.4 Å². The van der Waals surface area contributed by atoms with E-state index < -0.39 is 20.7 Å². The van der Waals surface area contributed by atoms with Gasteiger partial charge in [0.2, 0.25) is 0 Å². The molecule has 0 spiro atoms. The Kier molecular flexibility index (Phi) is 4.89. The van der Waals surface area contributed by atoms with Crippen LogP contribution in [0.2, 0.25) is 6.04 Å². The molecule has 0 fully saturated rings. The lowest BCUT2D eigenvalue weighted by Gasteiger charge is -2.24. The zero-order chi connectivity index (χ0) is 15.5. The van der Waals surface area contributed by atoms with Crippen LogP contribution in [0.3, 0.4) is 0 Å². The Morgan fingerprint density at radius 2 is 1.71 bits per heavy atom. The van der Waals surface area contributed by atoms with Crippen LogP contribution in [0.1, 0.15) is 32.7 Å². The molecule has 0 N–H and O–H groups in total. The number of fused-ring (bicyclic) bond motifs is 1. The molecule has 0 saturated heterocycles. The van der Waals surface area contributed by atoms with Gasteiger partial charge in [-0.05, 0) is 24.5 Å². The van der Waals surface area contributed by atoms with Crippen LogP contribution in [0, 0.1) is 0 Å². The lowest BCUT2D eigenvalue weighted by atomic mass is 9.99. The van der Waals surface area contributed by atoms with Crippen molar-refractivity contribution >= 4 is 20.7 Å². The summed E-state index contributed by atoms with van der Waals surface area (Å²) in [7, 11) is 2.08. The van der Waals surface area contributed by atoms with Gasteiger partial charge in [0.1, 0.15) is 0 Å². The van der Waals surface area contributed by atoms with Crippen LogP contribution >= 0.6 is 0 Å². The van der Waals surface area contributed by atoms with Crippen LogP contribution in [-0.4, -0.2) is 42.1 Å². The van der Waals surface area contributed by atoms with Gasteiger partial charge < -0.3 is 18.0 Å². The van der Waals surface area contributed by atoms with Gasteiger partial charge in [-0.15, -0.1) is 0 Å². The number of hydrogen-bond acceptors (Lipinski definition) is 6. The van der Waals surface area contributed by atoms with Crippen molar-refractivity contribution in [3.8, 4) is 0 Å². The zero-order valence-corrected chi connectivity index (χ0v) is 13.3. The smallest absolute Gasteiger partial charge is 0.386 e. The summed E-state index contributed by atoms with van der Waals surface area (Å²) in [6.45, 7) is 0. The summed E-state index contributed by atoms with van der Waals surface area (Å²) in [6, 6.07) is 5.81. The van der Waals surface area contributed by atoms with Gasteiger partial charge in [0.15, 0.2) is 0 Å². The SMILES string of the molecule is CO[Si](CCCc1cccc2c1C(=O)OC2=O)(OC)OC. The van der Waals surface area contributed by atoms with Gasteiger partial charge in [0.05, 0.1) is 11.1 Å². The lowest BCUT2D eigenvalue weighted by Crippen LogP contribution is -2.42. The van der Waals surface area contributed by atoms with Crippen molar-refractivity contribution in [2.75, 3.05) is 21.3 Å². The van der Waals surface area contributed by atoms with Crippen molar-refractivity contribution in [3.05, 3.63) is 34.9 Å². The van der Waals surface area contributed by atoms with Gasteiger partial charge in [0, 0.05) is 27.4 Å². The van der Waals surface area contributed by atoms with Gasteiger partial charge in [0.25, 0.3) is 0 Å². The van der Waals surface area contributed by atoms with Crippen LogP contribution in [0.4, 0.5) is 0 Å². The van der Waals surface area contributed by atoms with E-state index in [2.05, 4.69) is 4.74 Å². The largest absolute Gasteiger partial charge is 0.500 e. The van der Waals surface area contributed by atoms with Crippen LogP contribution in [0.15, 0.2) is 18.2 Å². The highest BCUT2D eigenvalue weighted by atomic mass is 28.4. The molecule has 7 heteroatoms. The molecular weight excluding hydrogens is 292 g/mol. The maximum atomic E-state index is 11.7. The second kappa shape index (κ2) is 6.48. The molecule has 0 aliphatic carbocycles. The van der Waals surface area contributed by atoms with E-state index in [1.165, 1.54) is 0 Å². The van der Waals surface area contributed by atoms with Crippen LogP contribution < -0.4 is 0 Å². The van der Waals surface area contributed by atoms with Crippen molar-refractivity contribution in [2.45, 2.75) is 18.9 Å². The van der Waals surface area contributed by atoms with Crippen molar-refractivity contribution < 1.29 is 27.6 Å². The molecule has 6 nitrogen and oxygen atoms in total. The van der Waals surface area contributed by atoms with Crippen molar-refractivity contribution in [1.29, 1.82) is 0 Å². The van der Waals surface area contributed by atoms with E-state index in [0.29, 0.717) is 23.6 Å². The minimum atomic E-state index is -2.61. The highest BCUT2D eigenvalue weighted by molar-refractivity contribution is 6.60. The Balaban J connectivity index is 2.09. The number of carbonyl (C=O) groups is 2. The summed E-state index contributed by atoms with van der Waals surface area (Å²) in [6.07, 6.45) is 1.34. The van der Waals surface area contributed by atoms with E-state index >= 15 is 0 Å². The lowest BCUT2D eigenvalue weighted by molar-refractivity contribution is 0.0443. The quantitative estimate of drug-likeness (QED) is 0.434. The van der Waals surface area contributed by atoms with E-state index in [-0.39, 0.29) is 0 Å². The minimum absolute atomic E-state index is 0.339. The Hall–Kier alpha value is -1.54. The number of cyclic esters (lactones) is 2. The fourth-order valence-electron chi connectivity index (χ4n) is 2.46. The third kappa shape index (κ3) is 3.05. The van der Waals surface area contributed by atoms with Gasteiger partial charge in [-0.2, -0.15) is 0 Å². The average Bonchev–Trinajstić information content (AvgIpc) is 2.80.